The average Bonchev–Trinajstić information content (AvgIpc) is 2.74. The van der Waals surface area contributed by atoms with E-state index in [2.05, 4.69) is 5.32 Å². The molecule has 0 radical (unpaired) electrons. The third kappa shape index (κ3) is 5.51. The Labute approximate surface area is 164 Å². The van der Waals surface area contributed by atoms with E-state index in [1.165, 1.54) is 0 Å². The van der Waals surface area contributed by atoms with Crippen molar-refractivity contribution in [1.82, 2.24) is 0 Å². The van der Waals surface area contributed by atoms with Gasteiger partial charge in [-0.1, -0.05) is 54.6 Å². The molecule has 1 amide bonds. The lowest BCUT2D eigenvalue weighted by molar-refractivity contribution is -0.118. The lowest BCUT2D eigenvalue weighted by Gasteiger charge is -2.14. The Balaban J connectivity index is 1.58. The largest absolute Gasteiger partial charge is 0.492 e. The summed E-state index contributed by atoms with van der Waals surface area (Å²) in [6, 6.07) is 24.5. The van der Waals surface area contributed by atoms with Gasteiger partial charge in [-0.05, 0) is 36.8 Å². The van der Waals surface area contributed by atoms with Crippen LogP contribution in [0.2, 0.25) is 0 Å². The van der Waals surface area contributed by atoms with Crippen LogP contribution in [-0.4, -0.2) is 19.1 Å². The Hall–Kier alpha value is -3.47. The standard InChI is InChI=1S/C23H23NO4/c1-2-26-20-13-7-6-12-19(20)24-23(25)17-28-22-15-9-8-14-21(22)27-16-18-10-4-3-5-11-18/h3-15H,2,16-17H2,1H3,(H,24,25). The van der Waals surface area contributed by atoms with E-state index in [4.69, 9.17) is 14.2 Å². The predicted molar refractivity (Wildman–Crippen MR) is 109 cm³/mol. The molecule has 0 atom stereocenters. The Bertz CT molecular complexity index is 896. The summed E-state index contributed by atoms with van der Waals surface area (Å²) in [4.78, 5) is 12.3. The molecule has 0 spiro atoms. The van der Waals surface area contributed by atoms with Crippen LogP contribution in [0.15, 0.2) is 78.9 Å². The zero-order chi connectivity index (χ0) is 19.6. The number of anilines is 1. The molecule has 3 rings (SSSR count). The SMILES string of the molecule is CCOc1ccccc1NC(=O)COc1ccccc1OCc1ccccc1. The molecule has 144 valence electrons. The maximum Gasteiger partial charge on any atom is 0.262 e. The first-order valence-corrected chi connectivity index (χ1v) is 9.16. The highest BCUT2D eigenvalue weighted by atomic mass is 16.5. The smallest absolute Gasteiger partial charge is 0.262 e. The highest BCUT2D eigenvalue weighted by Crippen LogP contribution is 2.28. The summed E-state index contributed by atoms with van der Waals surface area (Å²) in [6.45, 7) is 2.71. The fourth-order valence-electron chi connectivity index (χ4n) is 2.60. The van der Waals surface area contributed by atoms with Crippen LogP contribution in [0.5, 0.6) is 17.2 Å². The summed E-state index contributed by atoms with van der Waals surface area (Å²) >= 11 is 0. The van der Waals surface area contributed by atoms with Gasteiger partial charge < -0.3 is 19.5 Å². The van der Waals surface area contributed by atoms with Crippen LogP contribution in [0.3, 0.4) is 0 Å². The van der Waals surface area contributed by atoms with Gasteiger partial charge >= 0.3 is 0 Å². The van der Waals surface area contributed by atoms with Crippen molar-refractivity contribution in [2.45, 2.75) is 13.5 Å². The molecule has 28 heavy (non-hydrogen) atoms. The number of hydrogen-bond acceptors (Lipinski definition) is 4. The normalized spacial score (nSPS) is 10.2. The molecule has 3 aromatic rings. The van der Waals surface area contributed by atoms with Crippen molar-refractivity contribution in [3.05, 3.63) is 84.4 Å². The van der Waals surface area contributed by atoms with E-state index in [9.17, 15) is 4.79 Å². The molecule has 0 saturated carbocycles. The van der Waals surface area contributed by atoms with E-state index >= 15 is 0 Å². The van der Waals surface area contributed by atoms with Gasteiger partial charge in [0.15, 0.2) is 18.1 Å². The van der Waals surface area contributed by atoms with Gasteiger partial charge in [0.1, 0.15) is 12.4 Å². The van der Waals surface area contributed by atoms with Crippen LogP contribution in [0.1, 0.15) is 12.5 Å². The minimum atomic E-state index is -0.273. The number of carbonyl (C=O) groups is 1. The van der Waals surface area contributed by atoms with Crippen molar-refractivity contribution < 1.29 is 19.0 Å². The van der Waals surface area contributed by atoms with Gasteiger partial charge in [-0.2, -0.15) is 0 Å². The minimum Gasteiger partial charge on any atom is -0.492 e. The second kappa shape index (κ2) is 10.0. The summed E-state index contributed by atoms with van der Waals surface area (Å²) in [7, 11) is 0. The molecular weight excluding hydrogens is 354 g/mol. The number of para-hydroxylation sites is 4. The van der Waals surface area contributed by atoms with Crippen LogP contribution in [0.4, 0.5) is 5.69 Å². The van der Waals surface area contributed by atoms with Crippen LogP contribution >= 0.6 is 0 Å². The van der Waals surface area contributed by atoms with Gasteiger partial charge in [0.25, 0.3) is 5.91 Å². The van der Waals surface area contributed by atoms with E-state index in [1.54, 1.807) is 12.1 Å². The van der Waals surface area contributed by atoms with E-state index in [0.717, 1.165) is 5.56 Å². The molecule has 0 unspecified atom stereocenters. The molecule has 0 fully saturated rings. The monoisotopic (exact) mass is 377 g/mol. The summed E-state index contributed by atoms with van der Waals surface area (Å²) in [6.07, 6.45) is 0. The molecule has 5 heteroatoms. The second-order valence-corrected chi connectivity index (χ2v) is 5.99. The Morgan fingerprint density at radius 2 is 1.36 bits per heavy atom. The molecule has 3 aromatic carbocycles. The zero-order valence-corrected chi connectivity index (χ0v) is 15.8. The lowest BCUT2D eigenvalue weighted by Crippen LogP contribution is -2.20. The number of benzene rings is 3. The van der Waals surface area contributed by atoms with E-state index in [-0.39, 0.29) is 12.5 Å². The molecule has 0 heterocycles. The summed E-state index contributed by atoms with van der Waals surface area (Å²) in [5, 5.41) is 2.81. The first-order valence-electron chi connectivity index (χ1n) is 9.16. The first-order chi connectivity index (χ1) is 13.8. The van der Waals surface area contributed by atoms with E-state index in [0.29, 0.717) is 36.1 Å². The summed E-state index contributed by atoms with van der Waals surface area (Å²) in [5.74, 6) is 1.47. The molecule has 0 bridgehead atoms. The molecule has 0 aromatic heterocycles. The fourth-order valence-corrected chi connectivity index (χ4v) is 2.60. The fraction of sp³-hybridized carbons (Fsp3) is 0.174. The van der Waals surface area contributed by atoms with Crippen LogP contribution < -0.4 is 19.5 Å². The highest BCUT2D eigenvalue weighted by Gasteiger charge is 2.10. The van der Waals surface area contributed by atoms with Crippen molar-refractivity contribution in [1.29, 1.82) is 0 Å². The summed E-state index contributed by atoms with van der Waals surface area (Å²) in [5.41, 5.74) is 1.68. The Kier molecular flexibility index (Phi) is 6.90. The number of rotatable bonds is 9. The lowest BCUT2D eigenvalue weighted by atomic mass is 10.2. The highest BCUT2D eigenvalue weighted by molar-refractivity contribution is 5.93. The minimum absolute atomic E-state index is 0.133. The van der Waals surface area contributed by atoms with E-state index < -0.39 is 0 Å². The van der Waals surface area contributed by atoms with Crippen LogP contribution in [0, 0.1) is 0 Å². The number of amides is 1. The van der Waals surface area contributed by atoms with Gasteiger partial charge in [0.05, 0.1) is 12.3 Å². The van der Waals surface area contributed by atoms with Crippen LogP contribution in [-0.2, 0) is 11.4 Å². The van der Waals surface area contributed by atoms with Crippen molar-refractivity contribution in [2.75, 3.05) is 18.5 Å². The maximum atomic E-state index is 12.3. The van der Waals surface area contributed by atoms with Gasteiger partial charge in [0.2, 0.25) is 0 Å². The Morgan fingerprint density at radius 3 is 2.07 bits per heavy atom. The molecule has 1 N–H and O–H groups in total. The number of nitrogens with one attached hydrogen (secondary N) is 1. The third-order valence-corrected chi connectivity index (χ3v) is 3.91. The molecule has 0 aliphatic rings. The molecule has 0 aliphatic carbocycles. The van der Waals surface area contributed by atoms with Gasteiger partial charge in [-0.3, -0.25) is 4.79 Å². The van der Waals surface area contributed by atoms with E-state index in [1.807, 2.05) is 73.7 Å². The maximum absolute atomic E-state index is 12.3. The number of ether oxygens (including phenoxy) is 3. The number of hydrogen-bond donors (Lipinski definition) is 1. The zero-order valence-electron chi connectivity index (χ0n) is 15.8. The number of carbonyl (C=O) groups excluding carboxylic acids is 1. The van der Waals surface area contributed by atoms with Crippen molar-refractivity contribution in [2.24, 2.45) is 0 Å². The molecule has 5 nitrogen and oxygen atoms in total. The predicted octanol–water partition coefficient (Wildman–Crippen LogP) is 4.68. The van der Waals surface area contributed by atoms with Crippen LogP contribution in [0.25, 0.3) is 0 Å². The topological polar surface area (TPSA) is 56.8 Å². The van der Waals surface area contributed by atoms with Crippen molar-refractivity contribution in [3.8, 4) is 17.2 Å². The molecule has 0 aliphatic heterocycles. The first kappa shape index (κ1) is 19.3. The van der Waals surface area contributed by atoms with Gasteiger partial charge in [-0.25, -0.2) is 0 Å². The van der Waals surface area contributed by atoms with Gasteiger partial charge in [0, 0.05) is 0 Å². The summed E-state index contributed by atoms with van der Waals surface area (Å²) < 4.78 is 17.0. The quantitative estimate of drug-likeness (QED) is 0.588. The molecule has 0 saturated heterocycles. The van der Waals surface area contributed by atoms with Crippen molar-refractivity contribution >= 4 is 11.6 Å². The third-order valence-electron chi connectivity index (χ3n) is 3.91. The van der Waals surface area contributed by atoms with Gasteiger partial charge in [-0.15, -0.1) is 0 Å². The molecular formula is C23H23NO4. The van der Waals surface area contributed by atoms with Crippen molar-refractivity contribution in [3.63, 3.8) is 0 Å². The second-order valence-electron chi connectivity index (χ2n) is 5.99. The average molecular weight is 377 g/mol. The Morgan fingerprint density at radius 1 is 0.750 bits per heavy atom.